The van der Waals surface area contributed by atoms with Crippen LogP contribution in [0.25, 0.3) is 0 Å². The van der Waals surface area contributed by atoms with Gasteiger partial charge in [-0.1, -0.05) is 13.8 Å². The molecule has 0 amide bonds. The van der Waals surface area contributed by atoms with Gasteiger partial charge in [0.25, 0.3) is 0 Å². The Morgan fingerprint density at radius 1 is 1.05 bits per heavy atom. The molecule has 0 bridgehead atoms. The highest BCUT2D eigenvalue weighted by Crippen LogP contribution is 2.65. The van der Waals surface area contributed by atoms with Crippen molar-refractivity contribution in [1.82, 2.24) is 0 Å². The van der Waals surface area contributed by atoms with Gasteiger partial charge < -0.3 is 0 Å². The Morgan fingerprint density at radius 2 is 1.86 bits per heavy atom. The minimum absolute atomic E-state index is 0.00815. The maximum atomic E-state index is 12.4. The number of rotatable bonds is 0. The van der Waals surface area contributed by atoms with Crippen molar-refractivity contribution in [3.8, 4) is 6.07 Å². The lowest BCUT2D eigenvalue weighted by atomic mass is 9.45. The second-order valence-electron chi connectivity index (χ2n) is 9.18. The first-order valence-corrected chi connectivity index (χ1v) is 9.42. The molecule has 0 heterocycles. The van der Waals surface area contributed by atoms with E-state index in [2.05, 4.69) is 19.9 Å². The Morgan fingerprint density at radius 3 is 2.64 bits per heavy atom. The lowest BCUT2D eigenvalue weighted by Crippen LogP contribution is -2.53. The van der Waals surface area contributed by atoms with Crippen LogP contribution in [-0.4, -0.2) is 5.78 Å². The van der Waals surface area contributed by atoms with Crippen molar-refractivity contribution in [3.63, 3.8) is 0 Å². The third-order valence-electron chi connectivity index (χ3n) is 8.56. The molecule has 0 aromatic rings. The Kier molecular flexibility index (Phi) is 3.23. The SMILES string of the molecule is C[C@]12CC[C@H](C#N)C[C@@H]1CC[C@H]1[C@H]3CCC(=O)[C@]3(C)CC[C@@H]12. The maximum absolute atomic E-state index is 12.4. The van der Waals surface area contributed by atoms with Crippen molar-refractivity contribution in [3.05, 3.63) is 0 Å². The third kappa shape index (κ3) is 1.81. The number of fused-ring (bicyclic) bond motifs is 5. The van der Waals surface area contributed by atoms with E-state index in [1.807, 2.05) is 0 Å². The van der Waals surface area contributed by atoms with E-state index in [9.17, 15) is 10.1 Å². The van der Waals surface area contributed by atoms with E-state index < -0.39 is 0 Å². The molecule has 0 unspecified atom stereocenters. The van der Waals surface area contributed by atoms with Gasteiger partial charge in [0.2, 0.25) is 0 Å². The predicted molar refractivity (Wildman–Crippen MR) is 85.8 cm³/mol. The Bertz CT molecular complexity index is 534. The van der Waals surface area contributed by atoms with Gasteiger partial charge in [0, 0.05) is 17.8 Å². The van der Waals surface area contributed by atoms with Gasteiger partial charge in [-0.25, -0.2) is 0 Å². The Balaban J connectivity index is 1.62. The van der Waals surface area contributed by atoms with E-state index >= 15 is 0 Å². The summed E-state index contributed by atoms with van der Waals surface area (Å²) >= 11 is 0. The first-order chi connectivity index (χ1) is 10.5. The second-order valence-corrected chi connectivity index (χ2v) is 9.18. The number of Topliss-reactive ketones (excluding diaryl/α,β-unsaturated/α-hetero) is 1. The molecular formula is C20H29NO. The van der Waals surface area contributed by atoms with Crippen molar-refractivity contribution < 1.29 is 4.79 Å². The zero-order valence-corrected chi connectivity index (χ0v) is 14.1. The quantitative estimate of drug-likeness (QED) is 0.648. The summed E-state index contributed by atoms with van der Waals surface area (Å²) < 4.78 is 0. The van der Waals surface area contributed by atoms with E-state index in [4.69, 9.17) is 0 Å². The van der Waals surface area contributed by atoms with Crippen LogP contribution in [0.1, 0.15) is 71.6 Å². The van der Waals surface area contributed by atoms with Crippen LogP contribution in [0.3, 0.4) is 0 Å². The van der Waals surface area contributed by atoms with Crippen LogP contribution >= 0.6 is 0 Å². The summed E-state index contributed by atoms with van der Waals surface area (Å²) in [5, 5.41) is 9.30. The van der Waals surface area contributed by atoms with Gasteiger partial charge in [-0.05, 0) is 80.5 Å². The molecule has 0 spiro atoms. The minimum Gasteiger partial charge on any atom is -0.299 e. The van der Waals surface area contributed by atoms with Crippen molar-refractivity contribution >= 4 is 5.78 Å². The average molecular weight is 299 g/mol. The summed E-state index contributed by atoms with van der Waals surface area (Å²) in [6.07, 6.45) is 10.5. The number of ketones is 1. The van der Waals surface area contributed by atoms with Crippen LogP contribution in [0.15, 0.2) is 0 Å². The second kappa shape index (κ2) is 4.83. The largest absolute Gasteiger partial charge is 0.299 e. The monoisotopic (exact) mass is 299 g/mol. The standard InChI is InChI=1S/C20H29NO/c1-19-9-7-13(12-21)11-14(19)3-4-15-16-5-6-18(22)20(16,2)10-8-17(15)19/h13-17H,3-11H2,1-2H3/t13-,14-,15-,16+,17-,19-,20+/m0/s1. The fourth-order valence-corrected chi connectivity index (χ4v) is 7.15. The van der Waals surface area contributed by atoms with Crippen LogP contribution in [-0.2, 0) is 4.79 Å². The summed E-state index contributed by atoms with van der Waals surface area (Å²) in [4.78, 5) is 12.4. The molecule has 4 aliphatic carbocycles. The third-order valence-corrected chi connectivity index (χ3v) is 8.56. The molecule has 22 heavy (non-hydrogen) atoms. The van der Waals surface area contributed by atoms with E-state index in [1.54, 1.807) is 0 Å². The lowest BCUT2D eigenvalue weighted by molar-refractivity contribution is -0.139. The van der Waals surface area contributed by atoms with Crippen molar-refractivity contribution in [2.24, 2.45) is 40.4 Å². The topological polar surface area (TPSA) is 40.9 Å². The van der Waals surface area contributed by atoms with E-state index in [0.29, 0.717) is 23.0 Å². The molecular weight excluding hydrogens is 270 g/mol. The average Bonchev–Trinajstić information content (AvgIpc) is 2.82. The lowest BCUT2D eigenvalue weighted by Gasteiger charge is -2.60. The molecule has 4 aliphatic rings. The van der Waals surface area contributed by atoms with Gasteiger partial charge in [-0.3, -0.25) is 4.79 Å². The summed E-state index contributed by atoms with van der Waals surface area (Å²) in [6, 6.07) is 2.53. The van der Waals surface area contributed by atoms with Crippen LogP contribution in [0.4, 0.5) is 0 Å². The zero-order valence-electron chi connectivity index (χ0n) is 14.1. The molecule has 0 aromatic carbocycles. The van der Waals surface area contributed by atoms with Crippen LogP contribution in [0.5, 0.6) is 0 Å². The van der Waals surface area contributed by atoms with Gasteiger partial charge in [0.1, 0.15) is 5.78 Å². The number of carbonyl (C=O) groups excluding carboxylic acids is 1. The highest BCUT2D eigenvalue weighted by Gasteiger charge is 2.60. The molecule has 7 atom stereocenters. The molecule has 0 saturated heterocycles. The van der Waals surface area contributed by atoms with E-state index in [1.165, 1.54) is 25.7 Å². The highest BCUT2D eigenvalue weighted by molar-refractivity contribution is 5.87. The summed E-state index contributed by atoms with van der Waals surface area (Å²) in [6.45, 7) is 4.80. The van der Waals surface area contributed by atoms with Crippen molar-refractivity contribution in [2.75, 3.05) is 0 Å². The van der Waals surface area contributed by atoms with Crippen LogP contribution in [0.2, 0.25) is 0 Å². The number of hydrogen-bond acceptors (Lipinski definition) is 2. The Hall–Kier alpha value is -0.840. The molecule has 0 radical (unpaired) electrons. The highest BCUT2D eigenvalue weighted by atomic mass is 16.1. The number of carbonyl (C=O) groups is 1. The van der Waals surface area contributed by atoms with Crippen LogP contribution in [0, 0.1) is 51.8 Å². The van der Waals surface area contributed by atoms with Gasteiger partial charge in [-0.15, -0.1) is 0 Å². The first-order valence-electron chi connectivity index (χ1n) is 9.42. The molecule has 0 N–H and O–H groups in total. The molecule has 2 nitrogen and oxygen atoms in total. The van der Waals surface area contributed by atoms with Crippen LogP contribution < -0.4 is 0 Å². The molecule has 4 fully saturated rings. The molecule has 4 saturated carbocycles. The Labute approximate surface area is 134 Å². The van der Waals surface area contributed by atoms with Gasteiger partial charge in [-0.2, -0.15) is 5.26 Å². The summed E-state index contributed by atoms with van der Waals surface area (Å²) in [7, 11) is 0. The number of nitriles is 1. The summed E-state index contributed by atoms with van der Waals surface area (Å²) in [5.74, 6) is 3.87. The summed E-state index contributed by atoms with van der Waals surface area (Å²) in [5.41, 5.74) is 0.456. The molecule has 0 aromatic heterocycles. The molecule has 4 rings (SSSR count). The first kappa shape index (κ1) is 14.7. The maximum Gasteiger partial charge on any atom is 0.139 e. The minimum atomic E-state index is 0.00815. The van der Waals surface area contributed by atoms with Gasteiger partial charge in [0.05, 0.1) is 6.07 Å². The number of hydrogen-bond donors (Lipinski definition) is 0. The normalized spacial score (nSPS) is 54.0. The fourth-order valence-electron chi connectivity index (χ4n) is 7.15. The van der Waals surface area contributed by atoms with Gasteiger partial charge >= 0.3 is 0 Å². The molecule has 120 valence electrons. The smallest absolute Gasteiger partial charge is 0.139 e. The van der Waals surface area contributed by atoms with Crippen molar-refractivity contribution in [2.45, 2.75) is 71.6 Å². The predicted octanol–water partition coefficient (Wildman–Crippen LogP) is 4.74. The van der Waals surface area contributed by atoms with E-state index in [-0.39, 0.29) is 5.41 Å². The van der Waals surface area contributed by atoms with Gasteiger partial charge in [0.15, 0.2) is 0 Å². The molecule has 0 aliphatic heterocycles. The fraction of sp³-hybridized carbons (Fsp3) is 0.900. The molecule has 2 heteroatoms. The van der Waals surface area contributed by atoms with Crippen molar-refractivity contribution in [1.29, 1.82) is 5.26 Å². The zero-order chi connectivity index (χ0) is 15.5. The van der Waals surface area contributed by atoms with E-state index in [0.717, 1.165) is 49.9 Å². The number of nitrogens with zero attached hydrogens (tertiary/aromatic N) is 1.